The van der Waals surface area contributed by atoms with E-state index in [9.17, 15) is 59.4 Å². The molecule has 0 aliphatic heterocycles. The molecule has 0 unspecified atom stereocenters. The number of aromatic hydroxyl groups is 1. The first-order valence-electron chi connectivity index (χ1n) is 15.7. The van der Waals surface area contributed by atoms with E-state index in [-0.39, 0.29) is 35.4 Å². The molecule has 9 nitrogen and oxygen atoms in total. The minimum absolute atomic E-state index is 0.0247. The molecule has 3 aromatic rings. The third-order valence-electron chi connectivity index (χ3n) is 7.93. The van der Waals surface area contributed by atoms with Crippen LogP contribution in [0.3, 0.4) is 0 Å². The number of H-pyrrole nitrogens is 1. The van der Waals surface area contributed by atoms with E-state index in [1.165, 1.54) is 0 Å². The fourth-order valence-corrected chi connectivity index (χ4v) is 6.29. The Balaban J connectivity index is 0.000000501. The minimum Gasteiger partial charge on any atom is -0.506 e. The lowest BCUT2D eigenvalue weighted by molar-refractivity contribution is -0.193. The van der Waals surface area contributed by atoms with Gasteiger partial charge in [-0.05, 0) is 68.1 Å². The van der Waals surface area contributed by atoms with Gasteiger partial charge in [-0.15, -0.1) is 0 Å². The van der Waals surface area contributed by atoms with Crippen LogP contribution in [-0.4, -0.2) is 89.5 Å². The predicted molar refractivity (Wildman–Crippen MR) is 174 cm³/mol. The van der Waals surface area contributed by atoms with Gasteiger partial charge in [0.15, 0.2) is 0 Å². The lowest BCUT2D eigenvalue weighted by atomic mass is 9.91. The van der Waals surface area contributed by atoms with Crippen LogP contribution in [-0.2, 0) is 27.2 Å². The SMILES string of the molecule is O=C(C(=O)C(F)(F)F)C(F)(F)F.O=C(CCNCCc1ccc(Cl)cc1)N(CCNCCc1ccc(O)c2[nH]c(=O)sc12)C1CCC(F)(F)CC1. The maximum atomic E-state index is 13.8. The van der Waals surface area contributed by atoms with E-state index in [4.69, 9.17) is 11.6 Å². The van der Waals surface area contributed by atoms with Crippen molar-refractivity contribution >= 4 is 50.6 Å². The summed E-state index contributed by atoms with van der Waals surface area (Å²) in [4.78, 5) is 48.3. The number of hydrogen-bond donors (Lipinski definition) is 4. The molecule has 0 spiro atoms. The molecule has 1 heterocycles. The van der Waals surface area contributed by atoms with Gasteiger partial charge in [-0.1, -0.05) is 41.1 Å². The second kappa shape index (κ2) is 18.2. The molecule has 4 N–H and O–H groups in total. The number of alkyl halides is 8. The molecule has 19 heteroatoms. The average molecular weight is 775 g/mol. The summed E-state index contributed by atoms with van der Waals surface area (Å²) in [5, 5.41) is 17.3. The lowest BCUT2D eigenvalue weighted by Crippen LogP contribution is -2.47. The quantitative estimate of drug-likeness (QED) is 0.0904. The van der Waals surface area contributed by atoms with Crippen molar-refractivity contribution in [1.82, 2.24) is 20.5 Å². The number of thiazole rings is 1. The molecule has 0 bridgehead atoms. The number of nitrogens with zero attached hydrogens (tertiary/aromatic N) is 1. The summed E-state index contributed by atoms with van der Waals surface area (Å²) in [7, 11) is 0. The van der Waals surface area contributed by atoms with Gasteiger partial charge < -0.3 is 25.6 Å². The summed E-state index contributed by atoms with van der Waals surface area (Å²) in [5.74, 6) is -9.44. The number of amides is 1. The molecule has 1 amide bonds. The summed E-state index contributed by atoms with van der Waals surface area (Å²) < 4.78 is 95.2. The highest BCUT2D eigenvalue weighted by molar-refractivity contribution is 7.16. The fraction of sp³-hybridized carbons (Fsp3) is 0.500. The number of carbonyl (C=O) groups is 3. The van der Waals surface area contributed by atoms with Crippen LogP contribution in [0.2, 0.25) is 5.02 Å². The van der Waals surface area contributed by atoms with E-state index in [0.717, 1.165) is 40.1 Å². The molecular weight excluding hydrogens is 740 g/mol. The van der Waals surface area contributed by atoms with Crippen LogP contribution in [0, 0.1) is 0 Å². The number of phenolic OH excluding ortho intramolecular Hbond substituents is 1. The largest absolute Gasteiger partial charge is 0.506 e. The fourth-order valence-electron chi connectivity index (χ4n) is 5.27. The molecule has 4 rings (SSSR count). The number of hydrogen-bond acceptors (Lipinski definition) is 8. The number of fused-ring (bicyclic) bond motifs is 1. The Morgan fingerprint density at radius 2 is 1.45 bits per heavy atom. The molecule has 1 fully saturated rings. The maximum Gasteiger partial charge on any atom is 0.458 e. The van der Waals surface area contributed by atoms with E-state index in [0.29, 0.717) is 62.4 Å². The molecule has 51 heavy (non-hydrogen) atoms. The molecular formula is C32H35ClF8N4O5S. The Bertz CT molecular complexity index is 1660. The lowest BCUT2D eigenvalue weighted by Gasteiger charge is -2.37. The molecule has 1 saturated carbocycles. The zero-order valence-corrected chi connectivity index (χ0v) is 28.4. The van der Waals surface area contributed by atoms with Gasteiger partial charge >= 0.3 is 28.8 Å². The standard InChI is InChI=1S/C28H35ClF2N4O3S.C4F6O2/c29-21-4-1-19(2-5-21)9-14-32-16-11-24(37)35(22-7-12-28(30,31)13-8-22)18-17-33-15-10-20-3-6-23(36)25-26(20)39-27(38)34-25;5-3(6,7)1(11)2(12)4(8,9)10/h1-6,22,32-33,36H,7-18H2,(H,34,38);. The number of aromatic amines is 1. The van der Waals surface area contributed by atoms with Crippen molar-refractivity contribution in [2.75, 3.05) is 32.7 Å². The number of nitrogens with one attached hydrogen (secondary N) is 3. The highest BCUT2D eigenvalue weighted by Crippen LogP contribution is 2.35. The second-order valence-corrected chi connectivity index (χ2v) is 13.1. The zero-order chi connectivity index (χ0) is 38.0. The number of Topliss-reactive ketones (excluding diaryl/α,β-unsaturated/α-hetero) is 2. The van der Waals surface area contributed by atoms with Crippen LogP contribution >= 0.6 is 22.9 Å². The third kappa shape index (κ3) is 13.1. The zero-order valence-electron chi connectivity index (χ0n) is 26.9. The van der Waals surface area contributed by atoms with Crippen LogP contribution in [0.25, 0.3) is 10.2 Å². The van der Waals surface area contributed by atoms with Crippen molar-refractivity contribution < 1.29 is 54.6 Å². The molecule has 0 atom stereocenters. The molecule has 0 saturated heterocycles. The van der Waals surface area contributed by atoms with Gasteiger partial charge in [0.05, 0.1) is 4.70 Å². The summed E-state index contributed by atoms with van der Waals surface area (Å²) in [6.45, 7) is 2.85. The first-order chi connectivity index (χ1) is 23.8. The molecule has 2 aromatic carbocycles. The number of phenols is 1. The van der Waals surface area contributed by atoms with Gasteiger partial charge in [0, 0.05) is 50.0 Å². The first kappa shape index (κ1) is 41.8. The molecule has 1 aliphatic carbocycles. The van der Waals surface area contributed by atoms with E-state index in [1.54, 1.807) is 17.0 Å². The van der Waals surface area contributed by atoms with Crippen molar-refractivity contribution in [3.05, 3.63) is 62.2 Å². The smallest absolute Gasteiger partial charge is 0.458 e. The predicted octanol–water partition coefficient (Wildman–Crippen LogP) is 5.96. The van der Waals surface area contributed by atoms with E-state index in [2.05, 4.69) is 15.6 Å². The summed E-state index contributed by atoms with van der Waals surface area (Å²) in [6, 6.07) is 10.9. The van der Waals surface area contributed by atoms with Gasteiger partial charge in [0.2, 0.25) is 11.8 Å². The third-order valence-corrected chi connectivity index (χ3v) is 9.14. The Morgan fingerprint density at radius 1 is 0.882 bits per heavy atom. The van der Waals surface area contributed by atoms with Gasteiger partial charge in [0.1, 0.15) is 11.3 Å². The number of benzene rings is 2. The monoisotopic (exact) mass is 774 g/mol. The summed E-state index contributed by atoms with van der Waals surface area (Å²) in [6.07, 6.45) is -9.53. The molecule has 1 aliphatic rings. The van der Waals surface area contributed by atoms with Gasteiger partial charge in [-0.25, -0.2) is 8.78 Å². The highest BCUT2D eigenvalue weighted by atomic mass is 35.5. The number of halogens is 9. The second-order valence-electron chi connectivity index (χ2n) is 11.7. The maximum absolute atomic E-state index is 13.8. The summed E-state index contributed by atoms with van der Waals surface area (Å²) in [5.41, 5.74) is 2.56. The van der Waals surface area contributed by atoms with Crippen LogP contribution in [0.1, 0.15) is 43.2 Å². The van der Waals surface area contributed by atoms with E-state index in [1.807, 2.05) is 24.3 Å². The first-order valence-corrected chi connectivity index (χ1v) is 16.9. The number of ketones is 2. The Hall–Kier alpha value is -3.61. The molecule has 1 aromatic heterocycles. The Morgan fingerprint density at radius 3 is 2.04 bits per heavy atom. The Labute approximate surface area is 295 Å². The van der Waals surface area contributed by atoms with Gasteiger partial charge in [-0.3, -0.25) is 19.2 Å². The van der Waals surface area contributed by atoms with Gasteiger partial charge in [-0.2, -0.15) is 26.3 Å². The summed E-state index contributed by atoms with van der Waals surface area (Å²) >= 11 is 7.00. The normalized spacial score (nSPS) is 14.9. The highest BCUT2D eigenvalue weighted by Gasteiger charge is 2.54. The van der Waals surface area contributed by atoms with Gasteiger partial charge in [0.25, 0.3) is 0 Å². The minimum atomic E-state index is -5.77. The van der Waals surface area contributed by atoms with Crippen molar-refractivity contribution in [1.29, 1.82) is 0 Å². The van der Waals surface area contributed by atoms with Crippen LogP contribution in [0.15, 0.2) is 41.2 Å². The van der Waals surface area contributed by atoms with Crippen molar-refractivity contribution in [2.45, 2.75) is 69.3 Å². The molecule has 282 valence electrons. The van der Waals surface area contributed by atoms with Crippen LogP contribution in [0.5, 0.6) is 5.75 Å². The van der Waals surface area contributed by atoms with Crippen molar-refractivity contribution in [2.24, 2.45) is 0 Å². The molecule has 0 radical (unpaired) electrons. The number of aromatic nitrogens is 1. The Kier molecular flexibility index (Phi) is 15.0. The van der Waals surface area contributed by atoms with Crippen molar-refractivity contribution in [3.8, 4) is 5.75 Å². The average Bonchev–Trinajstić information content (AvgIpc) is 3.46. The number of rotatable bonds is 14. The number of carbonyl (C=O) groups excluding carboxylic acids is 3. The topological polar surface area (TPSA) is 132 Å². The van der Waals surface area contributed by atoms with E-state index >= 15 is 0 Å². The van der Waals surface area contributed by atoms with Crippen LogP contribution < -0.4 is 15.5 Å². The van der Waals surface area contributed by atoms with Crippen molar-refractivity contribution in [3.63, 3.8) is 0 Å². The van der Waals surface area contributed by atoms with Crippen LogP contribution in [0.4, 0.5) is 35.1 Å². The van der Waals surface area contributed by atoms with E-state index < -0.39 is 29.8 Å².